The second-order valence-corrected chi connectivity index (χ2v) is 5.90. The van der Waals surface area contributed by atoms with Crippen molar-refractivity contribution in [2.45, 2.75) is 6.18 Å². The minimum absolute atomic E-state index is 0.637. The summed E-state index contributed by atoms with van der Waals surface area (Å²) in [6.07, 6.45) is -0.682. The SMILES string of the molecule is C=Cc1ccc2c(c1)c1cn(C)nc1n2-c1ccc(C(F)(F)F)cc1. The van der Waals surface area contributed by atoms with Gasteiger partial charge in [-0.3, -0.25) is 9.25 Å². The minimum Gasteiger partial charge on any atom is -0.292 e. The van der Waals surface area contributed by atoms with Gasteiger partial charge in [-0.15, -0.1) is 0 Å². The monoisotopic (exact) mass is 341 g/mol. The van der Waals surface area contributed by atoms with Crippen LogP contribution in [0, 0.1) is 0 Å². The molecule has 126 valence electrons. The number of hydrogen-bond acceptors (Lipinski definition) is 1. The third-order valence-electron chi connectivity index (χ3n) is 4.26. The standard InChI is InChI=1S/C19H14F3N3/c1-3-12-4-9-17-15(10-12)16-11-24(2)23-18(16)25(17)14-7-5-13(6-8-14)19(20,21)22/h3-11H,1H2,2H3. The zero-order chi connectivity index (χ0) is 17.8. The van der Waals surface area contributed by atoms with Crippen molar-refractivity contribution in [1.82, 2.24) is 14.3 Å². The van der Waals surface area contributed by atoms with Gasteiger partial charge in [-0.25, -0.2) is 0 Å². The van der Waals surface area contributed by atoms with Crippen molar-refractivity contribution in [1.29, 1.82) is 0 Å². The maximum Gasteiger partial charge on any atom is 0.416 e. The van der Waals surface area contributed by atoms with E-state index in [1.165, 1.54) is 12.1 Å². The summed E-state index contributed by atoms with van der Waals surface area (Å²) < 4.78 is 42.0. The van der Waals surface area contributed by atoms with E-state index in [9.17, 15) is 13.2 Å². The zero-order valence-electron chi connectivity index (χ0n) is 13.4. The van der Waals surface area contributed by atoms with E-state index in [1.807, 2.05) is 36.0 Å². The average Bonchev–Trinajstić information content (AvgIpc) is 3.08. The lowest BCUT2D eigenvalue weighted by atomic mass is 10.1. The van der Waals surface area contributed by atoms with E-state index >= 15 is 0 Å². The highest BCUT2D eigenvalue weighted by molar-refractivity contribution is 6.08. The first-order valence-corrected chi connectivity index (χ1v) is 7.66. The van der Waals surface area contributed by atoms with E-state index in [4.69, 9.17) is 0 Å². The molecule has 25 heavy (non-hydrogen) atoms. The van der Waals surface area contributed by atoms with Crippen molar-refractivity contribution in [3.8, 4) is 5.69 Å². The lowest BCUT2D eigenvalue weighted by molar-refractivity contribution is -0.137. The molecule has 0 fully saturated rings. The van der Waals surface area contributed by atoms with Gasteiger partial charge in [0.1, 0.15) is 0 Å². The van der Waals surface area contributed by atoms with Gasteiger partial charge in [0.15, 0.2) is 5.65 Å². The molecule has 0 aliphatic carbocycles. The predicted octanol–water partition coefficient (Wildman–Crippen LogP) is 5.18. The number of halogens is 3. The Bertz CT molecular complexity index is 1100. The van der Waals surface area contributed by atoms with Crippen LogP contribution in [-0.4, -0.2) is 14.3 Å². The van der Waals surface area contributed by atoms with Crippen LogP contribution < -0.4 is 0 Å². The fraction of sp³-hybridized carbons (Fsp3) is 0.105. The fourth-order valence-corrected chi connectivity index (χ4v) is 3.10. The molecule has 0 atom stereocenters. The lowest BCUT2D eigenvalue weighted by Crippen LogP contribution is -2.05. The maximum absolute atomic E-state index is 12.8. The summed E-state index contributed by atoms with van der Waals surface area (Å²) in [4.78, 5) is 0. The Morgan fingerprint density at radius 3 is 2.40 bits per heavy atom. The first-order valence-electron chi connectivity index (χ1n) is 7.66. The van der Waals surface area contributed by atoms with E-state index in [0.29, 0.717) is 11.3 Å². The highest BCUT2D eigenvalue weighted by Gasteiger charge is 2.30. The van der Waals surface area contributed by atoms with Crippen LogP contribution in [-0.2, 0) is 13.2 Å². The number of aryl methyl sites for hydroxylation is 1. The van der Waals surface area contributed by atoms with Crippen LogP contribution in [0.5, 0.6) is 0 Å². The first kappa shape index (κ1) is 15.5. The molecule has 2 heterocycles. The van der Waals surface area contributed by atoms with Crippen LogP contribution in [0.2, 0.25) is 0 Å². The Balaban J connectivity index is 2.00. The lowest BCUT2D eigenvalue weighted by Gasteiger charge is -2.10. The third-order valence-corrected chi connectivity index (χ3v) is 4.26. The second-order valence-electron chi connectivity index (χ2n) is 5.90. The third kappa shape index (κ3) is 2.41. The molecule has 0 aliphatic rings. The number of aromatic nitrogens is 3. The summed E-state index contributed by atoms with van der Waals surface area (Å²) in [7, 11) is 1.82. The molecule has 0 N–H and O–H groups in total. The topological polar surface area (TPSA) is 22.8 Å². The van der Waals surface area contributed by atoms with Crippen LogP contribution >= 0.6 is 0 Å². The van der Waals surface area contributed by atoms with Crippen molar-refractivity contribution < 1.29 is 13.2 Å². The number of benzene rings is 2. The highest BCUT2D eigenvalue weighted by Crippen LogP contribution is 2.34. The number of nitrogens with zero attached hydrogens (tertiary/aromatic N) is 3. The molecule has 0 radical (unpaired) electrons. The van der Waals surface area contributed by atoms with Gasteiger partial charge in [0.05, 0.1) is 11.1 Å². The summed E-state index contributed by atoms with van der Waals surface area (Å²) in [5, 5.41) is 6.42. The van der Waals surface area contributed by atoms with Crippen LogP contribution in [0.1, 0.15) is 11.1 Å². The van der Waals surface area contributed by atoms with Crippen LogP contribution in [0.4, 0.5) is 13.2 Å². The van der Waals surface area contributed by atoms with Crippen LogP contribution in [0.3, 0.4) is 0 Å². The fourth-order valence-electron chi connectivity index (χ4n) is 3.10. The Kier molecular flexibility index (Phi) is 3.25. The van der Waals surface area contributed by atoms with Gasteiger partial charge in [0, 0.05) is 29.7 Å². The quantitative estimate of drug-likeness (QED) is 0.493. The summed E-state index contributed by atoms with van der Waals surface area (Å²) in [6.45, 7) is 3.79. The summed E-state index contributed by atoms with van der Waals surface area (Å²) in [6, 6.07) is 11.0. The molecule has 0 spiro atoms. The van der Waals surface area contributed by atoms with Crippen molar-refractivity contribution in [2.24, 2.45) is 7.05 Å². The van der Waals surface area contributed by atoms with Gasteiger partial charge in [0.2, 0.25) is 0 Å². The molecule has 0 unspecified atom stereocenters. The molecule has 6 heteroatoms. The molecule has 0 saturated carbocycles. The number of rotatable bonds is 2. The molecule has 0 bridgehead atoms. The maximum atomic E-state index is 12.8. The first-order chi connectivity index (χ1) is 11.9. The molecular weight excluding hydrogens is 327 g/mol. The van der Waals surface area contributed by atoms with Crippen molar-refractivity contribution in [3.63, 3.8) is 0 Å². The highest BCUT2D eigenvalue weighted by atomic mass is 19.4. The minimum atomic E-state index is -4.35. The van der Waals surface area contributed by atoms with E-state index in [0.717, 1.165) is 34.0 Å². The zero-order valence-corrected chi connectivity index (χ0v) is 13.4. The smallest absolute Gasteiger partial charge is 0.292 e. The van der Waals surface area contributed by atoms with Gasteiger partial charge in [-0.1, -0.05) is 18.7 Å². The van der Waals surface area contributed by atoms with Gasteiger partial charge >= 0.3 is 6.18 Å². The Hall–Kier alpha value is -3.02. The Morgan fingerprint density at radius 2 is 1.76 bits per heavy atom. The van der Waals surface area contributed by atoms with Gasteiger partial charge in [-0.05, 0) is 42.0 Å². The molecule has 2 aromatic heterocycles. The van der Waals surface area contributed by atoms with Gasteiger partial charge in [0.25, 0.3) is 0 Å². The normalized spacial score (nSPS) is 12.2. The molecule has 0 aliphatic heterocycles. The second kappa shape index (κ2) is 5.24. The van der Waals surface area contributed by atoms with Crippen molar-refractivity contribution in [2.75, 3.05) is 0 Å². The molecule has 4 rings (SSSR count). The van der Waals surface area contributed by atoms with E-state index in [2.05, 4.69) is 11.7 Å². The molecule has 2 aromatic carbocycles. The number of alkyl halides is 3. The Labute approximate surface area is 141 Å². The summed E-state index contributed by atoms with van der Waals surface area (Å²) in [5.74, 6) is 0. The van der Waals surface area contributed by atoms with E-state index in [-0.39, 0.29) is 0 Å². The predicted molar refractivity (Wildman–Crippen MR) is 92.6 cm³/mol. The molecule has 4 aromatic rings. The van der Waals surface area contributed by atoms with Gasteiger partial charge < -0.3 is 0 Å². The average molecular weight is 341 g/mol. The van der Waals surface area contributed by atoms with E-state index < -0.39 is 11.7 Å². The van der Waals surface area contributed by atoms with Crippen molar-refractivity contribution in [3.05, 3.63) is 66.4 Å². The number of hydrogen-bond donors (Lipinski definition) is 0. The molecule has 3 nitrogen and oxygen atoms in total. The number of fused-ring (bicyclic) bond motifs is 3. The largest absolute Gasteiger partial charge is 0.416 e. The molecular formula is C19H14F3N3. The molecule has 0 amide bonds. The summed E-state index contributed by atoms with van der Waals surface area (Å²) in [5.41, 5.74) is 2.54. The van der Waals surface area contributed by atoms with Crippen LogP contribution in [0.15, 0.2) is 55.2 Å². The molecule has 0 saturated heterocycles. The van der Waals surface area contributed by atoms with E-state index in [1.54, 1.807) is 10.8 Å². The van der Waals surface area contributed by atoms with Gasteiger partial charge in [-0.2, -0.15) is 18.3 Å². The summed E-state index contributed by atoms with van der Waals surface area (Å²) >= 11 is 0. The Morgan fingerprint density at radius 1 is 1.04 bits per heavy atom. The van der Waals surface area contributed by atoms with Crippen LogP contribution in [0.25, 0.3) is 33.7 Å². The van der Waals surface area contributed by atoms with Crippen molar-refractivity contribution >= 4 is 28.0 Å².